The summed E-state index contributed by atoms with van der Waals surface area (Å²) in [5, 5.41) is 18.6. The third-order valence-electron chi connectivity index (χ3n) is 3.67. The van der Waals surface area contributed by atoms with E-state index in [2.05, 4.69) is 26.2 Å². The molecule has 1 atom stereocenters. The number of nitrogens with zero attached hydrogens (tertiary/aromatic N) is 3. The van der Waals surface area contributed by atoms with Gasteiger partial charge in [0.2, 0.25) is 0 Å². The van der Waals surface area contributed by atoms with Gasteiger partial charge < -0.3 is 5.11 Å². The fourth-order valence-electron chi connectivity index (χ4n) is 2.73. The molecule has 1 aliphatic rings. The van der Waals surface area contributed by atoms with Gasteiger partial charge in [-0.3, -0.25) is 0 Å². The van der Waals surface area contributed by atoms with E-state index in [9.17, 15) is 5.11 Å². The molecule has 1 unspecified atom stereocenters. The van der Waals surface area contributed by atoms with Crippen LogP contribution >= 0.6 is 15.9 Å². The summed E-state index contributed by atoms with van der Waals surface area (Å²) in [7, 11) is 1.82. The molecular formula is C11H18BrN3O. The maximum Gasteiger partial charge on any atom is 0.154 e. The molecule has 0 aliphatic heterocycles. The monoisotopic (exact) mass is 287 g/mol. The quantitative estimate of drug-likeness (QED) is 0.909. The minimum atomic E-state index is -0.836. The number of aromatic nitrogens is 3. The highest BCUT2D eigenvalue weighted by molar-refractivity contribution is 9.10. The van der Waals surface area contributed by atoms with Crippen LogP contribution in [-0.2, 0) is 12.6 Å². The Morgan fingerprint density at radius 3 is 2.50 bits per heavy atom. The molecule has 0 spiro atoms. The molecule has 2 rings (SSSR count). The summed E-state index contributed by atoms with van der Waals surface area (Å²) in [5.74, 6) is 0.315. The van der Waals surface area contributed by atoms with Crippen molar-refractivity contribution in [3.8, 4) is 0 Å². The maximum atomic E-state index is 10.7. The zero-order valence-electron chi connectivity index (χ0n) is 9.78. The van der Waals surface area contributed by atoms with Crippen LogP contribution in [0.4, 0.5) is 0 Å². The average molecular weight is 288 g/mol. The van der Waals surface area contributed by atoms with E-state index in [1.807, 2.05) is 14.0 Å². The summed E-state index contributed by atoms with van der Waals surface area (Å²) in [5.41, 5.74) is -0.0447. The smallest absolute Gasteiger partial charge is 0.154 e. The minimum absolute atomic E-state index is 0.315. The van der Waals surface area contributed by atoms with Gasteiger partial charge in [0.25, 0.3) is 0 Å². The standard InChI is InChI=1S/C11H18BrN3O/c1-11(16,8-6-4-3-5-7-8)9-10(12)13-14-15(9)2/h8,16H,3-7H2,1-2H3. The molecule has 0 amide bonds. The second-order valence-corrected chi connectivity index (χ2v) is 5.59. The number of halogens is 1. The lowest BCUT2D eigenvalue weighted by molar-refractivity contribution is -0.0288. The lowest BCUT2D eigenvalue weighted by Gasteiger charge is -2.35. The second-order valence-electron chi connectivity index (χ2n) is 4.83. The highest BCUT2D eigenvalue weighted by atomic mass is 79.9. The first-order valence-corrected chi connectivity index (χ1v) is 6.61. The number of hydrogen-bond acceptors (Lipinski definition) is 3. The SMILES string of the molecule is Cn1nnc(Br)c1C(C)(O)C1CCCCC1. The highest BCUT2D eigenvalue weighted by Gasteiger charge is 2.38. The minimum Gasteiger partial charge on any atom is -0.383 e. The van der Waals surface area contributed by atoms with Crippen LogP contribution in [0.2, 0.25) is 0 Å². The van der Waals surface area contributed by atoms with Crippen molar-refractivity contribution in [3.63, 3.8) is 0 Å². The van der Waals surface area contributed by atoms with Crippen LogP contribution in [0.25, 0.3) is 0 Å². The molecule has 0 aromatic carbocycles. The summed E-state index contributed by atoms with van der Waals surface area (Å²) >= 11 is 3.37. The van der Waals surface area contributed by atoms with Crippen molar-refractivity contribution in [1.29, 1.82) is 0 Å². The Hall–Kier alpha value is -0.420. The molecular weight excluding hydrogens is 270 g/mol. The van der Waals surface area contributed by atoms with Gasteiger partial charge in [-0.1, -0.05) is 24.5 Å². The van der Waals surface area contributed by atoms with E-state index < -0.39 is 5.60 Å². The van der Waals surface area contributed by atoms with Crippen LogP contribution in [0.15, 0.2) is 4.60 Å². The van der Waals surface area contributed by atoms with E-state index in [1.165, 1.54) is 19.3 Å². The first-order chi connectivity index (χ1) is 7.53. The fourth-order valence-corrected chi connectivity index (χ4v) is 3.46. The van der Waals surface area contributed by atoms with Gasteiger partial charge in [0.05, 0.1) is 0 Å². The van der Waals surface area contributed by atoms with Crippen LogP contribution in [0.5, 0.6) is 0 Å². The molecule has 1 fully saturated rings. The third-order valence-corrected chi connectivity index (χ3v) is 4.20. The van der Waals surface area contributed by atoms with Crippen molar-refractivity contribution < 1.29 is 5.11 Å². The van der Waals surface area contributed by atoms with Gasteiger partial charge >= 0.3 is 0 Å². The van der Waals surface area contributed by atoms with Crippen molar-refractivity contribution in [1.82, 2.24) is 15.0 Å². The third kappa shape index (κ3) is 2.02. The van der Waals surface area contributed by atoms with Crippen LogP contribution < -0.4 is 0 Å². The van der Waals surface area contributed by atoms with Gasteiger partial charge in [-0.15, -0.1) is 5.10 Å². The summed E-state index contributed by atoms with van der Waals surface area (Å²) < 4.78 is 2.32. The number of aliphatic hydroxyl groups is 1. The molecule has 1 aromatic heterocycles. The number of rotatable bonds is 2. The number of aryl methyl sites for hydroxylation is 1. The topological polar surface area (TPSA) is 50.9 Å². The van der Waals surface area contributed by atoms with E-state index in [0.717, 1.165) is 18.5 Å². The van der Waals surface area contributed by atoms with E-state index >= 15 is 0 Å². The Balaban J connectivity index is 2.29. The summed E-state index contributed by atoms with van der Waals surface area (Å²) in [6.07, 6.45) is 5.89. The normalized spacial score (nSPS) is 22.0. The van der Waals surface area contributed by atoms with Crippen molar-refractivity contribution in [2.24, 2.45) is 13.0 Å². The van der Waals surface area contributed by atoms with Gasteiger partial charge in [-0.2, -0.15) is 0 Å². The lowest BCUT2D eigenvalue weighted by Crippen LogP contribution is -2.35. The molecule has 90 valence electrons. The molecule has 16 heavy (non-hydrogen) atoms. The predicted octanol–water partition coefficient (Wildman–Crippen LogP) is 2.37. The molecule has 0 radical (unpaired) electrons. The van der Waals surface area contributed by atoms with Gasteiger partial charge in [0.15, 0.2) is 4.60 Å². The fraction of sp³-hybridized carbons (Fsp3) is 0.818. The molecule has 5 heteroatoms. The van der Waals surface area contributed by atoms with Crippen LogP contribution in [0.3, 0.4) is 0 Å². The predicted molar refractivity (Wildman–Crippen MR) is 64.8 cm³/mol. The maximum absolute atomic E-state index is 10.7. The average Bonchev–Trinajstić information content (AvgIpc) is 2.60. The van der Waals surface area contributed by atoms with Crippen molar-refractivity contribution in [2.45, 2.75) is 44.6 Å². The first-order valence-electron chi connectivity index (χ1n) is 5.81. The van der Waals surface area contributed by atoms with Crippen LogP contribution in [-0.4, -0.2) is 20.1 Å². The zero-order chi connectivity index (χ0) is 11.8. The van der Waals surface area contributed by atoms with E-state index in [0.29, 0.717) is 10.5 Å². The Kier molecular flexibility index (Phi) is 3.35. The Morgan fingerprint density at radius 1 is 1.38 bits per heavy atom. The molecule has 1 aliphatic carbocycles. The van der Waals surface area contributed by atoms with Gasteiger partial charge in [0.1, 0.15) is 11.3 Å². The Bertz CT molecular complexity index is 350. The number of hydrogen-bond donors (Lipinski definition) is 1. The first kappa shape index (κ1) is 12.0. The Labute approximate surface area is 104 Å². The molecule has 0 bridgehead atoms. The van der Waals surface area contributed by atoms with E-state index in [4.69, 9.17) is 0 Å². The molecule has 4 nitrogen and oxygen atoms in total. The van der Waals surface area contributed by atoms with Gasteiger partial charge in [0, 0.05) is 7.05 Å². The molecule has 1 saturated carbocycles. The summed E-state index contributed by atoms with van der Waals surface area (Å²) in [6, 6.07) is 0. The lowest BCUT2D eigenvalue weighted by atomic mass is 9.76. The van der Waals surface area contributed by atoms with Gasteiger partial charge in [-0.05, 0) is 41.6 Å². The Morgan fingerprint density at radius 2 is 2.00 bits per heavy atom. The van der Waals surface area contributed by atoms with E-state index in [-0.39, 0.29) is 0 Å². The zero-order valence-corrected chi connectivity index (χ0v) is 11.4. The molecule has 0 saturated heterocycles. The van der Waals surface area contributed by atoms with Crippen molar-refractivity contribution in [2.75, 3.05) is 0 Å². The highest BCUT2D eigenvalue weighted by Crippen LogP contribution is 2.40. The van der Waals surface area contributed by atoms with Crippen molar-refractivity contribution >= 4 is 15.9 Å². The van der Waals surface area contributed by atoms with Crippen LogP contribution in [0.1, 0.15) is 44.7 Å². The van der Waals surface area contributed by atoms with Crippen LogP contribution in [0, 0.1) is 5.92 Å². The molecule has 1 heterocycles. The van der Waals surface area contributed by atoms with Gasteiger partial charge in [-0.25, -0.2) is 4.68 Å². The second kappa shape index (κ2) is 4.45. The van der Waals surface area contributed by atoms with E-state index in [1.54, 1.807) is 4.68 Å². The summed E-state index contributed by atoms with van der Waals surface area (Å²) in [6.45, 7) is 1.88. The molecule has 1 aromatic rings. The largest absolute Gasteiger partial charge is 0.383 e. The summed E-state index contributed by atoms with van der Waals surface area (Å²) in [4.78, 5) is 0. The molecule has 1 N–H and O–H groups in total. The van der Waals surface area contributed by atoms with Crippen molar-refractivity contribution in [3.05, 3.63) is 10.3 Å².